The van der Waals surface area contributed by atoms with Crippen molar-refractivity contribution in [2.45, 2.75) is 105 Å². The summed E-state index contributed by atoms with van der Waals surface area (Å²) in [7, 11) is 0. The molecule has 0 saturated carbocycles. The zero-order valence-electron chi connectivity index (χ0n) is 14.9. The molecule has 2 heteroatoms. The van der Waals surface area contributed by atoms with Gasteiger partial charge in [-0.25, -0.2) is 0 Å². The molecule has 0 aliphatic heterocycles. The first-order valence-corrected chi connectivity index (χ1v) is 9.25. The van der Waals surface area contributed by atoms with Gasteiger partial charge < -0.3 is 5.11 Å². The van der Waals surface area contributed by atoms with Crippen LogP contribution in [0.2, 0.25) is 0 Å². The lowest BCUT2D eigenvalue weighted by molar-refractivity contribution is -0.151. The van der Waals surface area contributed by atoms with Gasteiger partial charge >= 0.3 is 5.97 Å². The van der Waals surface area contributed by atoms with E-state index in [1.54, 1.807) is 0 Å². The number of aliphatic carboxylic acids is 1. The minimum Gasteiger partial charge on any atom is -0.481 e. The van der Waals surface area contributed by atoms with E-state index in [0.29, 0.717) is 5.92 Å². The van der Waals surface area contributed by atoms with Crippen LogP contribution in [0.4, 0.5) is 0 Å². The Balaban J connectivity index is 4.57. The summed E-state index contributed by atoms with van der Waals surface area (Å²) in [6, 6.07) is 0. The molecule has 0 saturated heterocycles. The van der Waals surface area contributed by atoms with E-state index >= 15 is 0 Å². The normalized spacial score (nSPS) is 13.3. The van der Waals surface area contributed by atoms with Crippen molar-refractivity contribution in [2.75, 3.05) is 0 Å². The van der Waals surface area contributed by atoms with Gasteiger partial charge in [0, 0.05) is 0 Å². The van der Waals surface area contributed by atoms with Crippen LogP contribution in [0, 0.1) is 11.3 Å². The highest BCUT2D eigenvalue weighted by atomic mass is 16.4. The fraction of sp³-hybridized carbons (Fsp3) is 0.947. The monoisotopic (exact) mass is 298 g/mol. The largest absolute Gasteiger partial charge is 0.481 e. The predicted octanol–water partition coefficient (Wildman–Crippen LogP) is 6.43. The quantitative estimate of drug-likeness (QED) is 0.375. The number of unbranched alkanes of at least 4 members (excludes halogenated alkanes) is 5. The van der Waals surface area contributed by atoms with Crippen molar-refractivity contribution >= 4 is 5.97 Å². The zero-order chi connectivity index (χ0) is 16.1. The lowest BCUT2D eigenvalue weighted by Crippen LogP contribution is -2.33. The molecule has 0 bridgehead atoms. The van der Waals surface area contributed by atoms with Crippen molar-refractivity contribution < 1.29 is 9.90 Å². The number of hydrogen-bond acceptors (Lipinski definition) is 1. The van der Waals surface area contributed by atoms with Gasteiger partial charge in [-0.3, -0.25) is 4.79 Å². The molecule has 0 amide bonds. The third-order valence-corrected chi connectivity index (χ3v) is 4.76. The molecule has 0 aliphatic carbocycles. The highest BCUT2D eigenvalue weighted by Crippen LogP contribution is 2.39. The summed E-state index contributed by atoms with van der Waals surface area (Å²) in [4.78, 5) is 11.9. The summed E-state index contributed by atoms with van der Waals surface area (Å²) < 4.78 is 0. The Morgan fingerprint density at radius 3 is 1.86 bits per heavy atom. The maximum atomic E-state index is 11.9. The molecule has 2 nitrogen and oxygen atoms in total. The van der Waals surface area contributed by atoms with E-state index in [1.807, 2.05) is 0 Å². The van der Waals surface area contributed by atoms with Gasteiger partial charge in [-0.1, -0.05) is 85.5 Å². The molecule has 0 aromatic heterocycles. The molecular weight excluding hydrogens is 260 g/mol. The lowest BCUT2D eigenvalue weighted by Gasteiger charge is -2.32. The van der Waals surface area contributed by atoms with Crippen LogP contribution in [-0.4, -0.2) is 11.1 Å². The molecule has 0 aliphatic rings. The van der Waals surface area contributed by atoms with Gasteiger partial charge in [-0.05, 0) is 25.2 Å². The minimum atomic E-state index is -0.551. The van der Waals surface area contributed by atoms with Crippen molar-refractivity contribution in [3.8, 4) is 0 Å². The molecule has 1 atom stereocenters. The van der Waals surface area contributed by atoms with Gasteiger partial charge in [0.2, 0.25) is 0 Å². The maximum Gasteiger partial charge on any atom is 0.309 e. The molecule has 126 valence electrons. The standard InChI is InChI=1S/C19H38O2/c1-5-8-11-12-13-17(4)16-19(18(20)21,14-9-6-2)15-10-7-3/h17H,5-16H2,1-4H3,(H,20,21). The summed E-state index contributed by atoms with van der Waals surface area (Å²) in [5, 5.41) is 9.84. The van der Waals surface area contributed by atoms with Gasteiger partial charge in [0.25, 0.3) is 0 Å². The van der Waals surface area contributed by atoms with Crippen molar-refractivity contribution in [3.05, 3.63) is 0 Å². The highest BCUT2D eigenvalue weighted by Gasteiger charge is 2.38. The first-order valence-electron chi connectivity index (χ1n) is 9.25. The first-order chi connectivity index (χ1) is 10.0. The molecule has 1 N–H and O–H groups in total. The van der Waals surface area contributed by atoms with E-state index in [0.717, 1.165) is 44.9 Å². The molecule has 0 radical (unpaired) electrons. The third kappa shape index (κ3) is 8.48. The molecule has 1 unspecified atom stereocenters. The van der Waals surface area contributed by atoms with Gasteiger partial charge in [-0.15, -0.1) is 0 Å². The third-order valence-electron chi connectivity index (χ3n) is 4.76. The molecule has 0 spiro atoms. The van der Waals surface area contributed by atoms with Gasteiger partial charge in [0.1, 0.15) is 0 Å². The first kappa shape index (κ1) is 20.5. The summed E-state index contributed by atoms with van der Waals surface area (Å²) in [6.07, 6.45) is 13.2. The smallest absolute Gasteiger partial charge is 0.309 e. The fourth-order valence-electron chi connectivity index (χ4n) is 3.35. The molecule has 0 aromatic carbocycles. The van der Waals surface area contributed by atoms with Gasteiger partial charge in [0.05, 0.1) is 5.41 Å². The topological polar surface area (TPSA) is 37.3 Å². The van der Waals surface area contributed by atoms with Crippen molar-refractivity contribution in [3.63, 3.8) is 0 Å². The second-order valence-electron chi connectivity index (χ2n) is 6.95. The van der Waals surface area contributed by atoms with Crippen LogP contribution in [-0.2, 0) is 4.79 Å². The fourth-order valence-corrected chi connectivity index (χ4v) is 3.35. The summed E-state index contributed by atoms with van der Waals surface area (Å²) in [5.74, 6) is -0.0172. The molecule has 0 fully saturated rings. The molecule has 0 rings (SSSR count). The Hall–Kier alpha value is -0.530. The average molecular weight is 299 g/mol. The van der Waals surface area contributed by atoms with Crippen molar-refractivity contribution in [1.29, 1.82) is 0 Å². The van der Waals surface area contributed by atoms with Gasteiger partial charge in [0.15, 0.2) is 0 Å². The van der Waals surface area contributed by atoms with Gasteiger partial charge in [-0.2, -0.15) is 0 Å². The van der Waals surface area contributed by atoms with E-state index in [9.17, 15) is 9.90 Å². The average Bonchev–Trinajstić information content (AvgIpc) is 2.46. The summed E-state index contributed by atoms with van der Waals surface area (Å²) >= 11 is 0. The van der Waals surface area contributed by atoms with Crippen LogP contribution in [0.3, 0.4) is 0 Å². The predicted molar refractivity (Wildman–Crippen MR) is 91.7 cm³/mol. The van der Waals surface area contributed by atoms with Crippen LogP contribution in [0.25, 0.3) is 0 Å². The number of carbonyl (C=O) groups is 1. The van der Waals surface area contributed by atoms with E-state index in [2.05, 4.69) is 27.7 Å². The van der Waals surface area contributed by atoms with Crippen LogP contribution >= 0.6 is 0 Å². The molecule has 21 heavy (non-hydrogen) atoms. The molecule has 0 aromatic rings. The minimum absolute atomic E-state index is 0.462. The second-order valence-corrected chi connectivity index (χ2v) is 6.95. The molecular formula is C19H38O2. The van der Waals surface area contributed by atoms with Crippen LogP contribution in [0.5, 0.6) is 0 Å². The van der Waals surface area contributed by atoms with Crippen molar-refractivity contribution in [2.24, 2.45) is 11.3 Å². The maximum absolute atomic E-state index is 11.9. The highest BCUT2D eigenvalue weighted by molar-refractivity contribution is 5.74. The Bertz CT molecular complexity index is 252. The number of carboxylic acid groups (broad SMARTS) is 1. The van der Waals surface area contributed by atoms with E-state index in [-0.39, 0.29) is 0 Å². The Labute approximate surface area is 132 Å². The van der Waals surface area contributed by atoms with Crippen LogP contribution in [0.1, 0.15) is 105 Å². The number of rotatable bonds is 14. The van der Waals surface area contributed by atoms with E-state index in [1.165, 1.54) is 32.1 Å². The molecule has 0 heterocycles. The lowest BCUT2D eigenvalue weighted by atomic mass is 9.71. The second kappa shape index (κ2) is 12.1. The van der Waals surface area contributed by atoms with Crippen LogP contribution in [0.15, 0.2) is 0 Å². The Morgan fingerprint density at radius 1 is 0.905 bits per heavy atom. The van der Waals surface area contributed by atoms with E-state index < -0.39 is 11.4 Å². The van der Waals surface area contributed by atoms with Crippen molar-refractivity contribution in [1.82, 2.24) is 0 Å². The number of hydrogen-bond donors (Lipinski definition) is 1. The zero-order valence-corrected chi connectivity index (χ0v) is 14.9. The SMILES string of the molecule is CCCCCCC(C)CC(CCCC)(CCCC)C(=O)O. The Morgan fingerprint density at radius 2 is 1.43 bits per heavy atom. The Kier molecular flexibility index (Phi) is 11.8. The number of carboxylic acids is 1. The summed E-state index contributed by atoms with van der Waals surface area (Å²) in [6.45, 7) is 8.79. The van der Waals surface area contributed by atoms with Crippen LogP contribution < -0.4 is 0 Å². The van der Waals surface area contributed by atoms with E-state index in [4.69, 9.17) is 0 Å². The summed E-state index contributed by atoms with van der Waals surface area (Å²) in [5.41, 5.74) is -0.462.